The minimum atomic E-state index is 0.353. The molecule has 0 unspecified atom stereocenters. The van der Waals surface area contributed by atoms with Crippen LogP contribution in [0.2, 0.25) is 0 Å². The Kier molecular flexibility index (Phi) is 3.28. The van der Waals surface area contributed by atoms with Gasteiger partial charge in [-0.1, -0.05) is 0 Å². The molecule has 5 nitrogen and oxygen atoms in total. The third-order valence-corrected chi connectivity index (χ3v) is 3.67. The smallest absolute Gasteiger partial charge is 0.160 e. The van der Waals surface area contributed by atoms with Crippen LogP contribution in [0.15, 0.2) is 29.0 Å². The summed E-state index contributed by atoms with van der Waals surface area (Å²) in [4.78, 5) is 8.94. The van der Waals surface area contributed by atoms with E-state index in [-0.39, 0.29) is 0 Å². The highest BCUT2D eigenvalue weighted by atomic mass is 79.9. The standard InChI is InChI=1S/C12H11BrClN5/c1-18-9(2-3-16-18)7-19-11(5-14)17-10-4-8(13)6-15-12(10)19/h2-4,6H,5,7H2,1H3. The number of aryl methyl sites for hydroxylation is 1. The van der Waals surface area contributed by atoms with Crippen LogP contribution >= 0.6 is 27.5 Å². The molecule has 0 saturated carbocycles. The second-order valence-corrected chi connectivity index (χ2v) is 5.37. The monoisotopic (exact) mass is 339 g/mol. The molecule has 0 aliphatic heterocycles. The molecule has 0 fully saturated rings. The first-order valence-electron chi connectivity index (χ1n) is 5.72. The molecule has 0 aliphatic carbocycles. The minimum absolute atomic E-state index is 0.353. The highest BCUT2D eigenvalue weighted by molar-refractivity contribution is 9.10. The lowest BCUT2D eigenvalue weighted by Gasteiger charge is -2.07. The summed E-state index contributed by atoms with van der Waals surface area (Å²) in [7, 11) is 1.92. The fraction of sp³-hybridized carbons (Fsp3) is 0.250. The van der Waals surface area contributed by atoms with Crippen molar-refractivity contribution in [1.82, 2.24) is 24.3 Å². The van der Waals surface area contributed by atoms with Crippen LogP contribution in [0.1, 0.15) is 11.5 Å². The van der Waals surface area contributed by atoms with Crippen LogP contribution in [-0.2, 0) is 19.5 Å². The first-order valence-corrected chi connectivity index (χ1v) is 7.05. The number of hydrogen-bond acceptors (Lipinski definition) is 3. The molecule has 3 aromatic rings. The van der Waals surface area contributed by atoms with E-state index in [4.69, 9.17) is 11.6 Å². The third-order valence-electron chi connectivity index (χ3n) is 2.99. The summed E-state index contributed by atoms with van der Waals surface area (Å²) in [6, 6.07) is 3.92. The number of pyridine rings is 1. The zero-order valence-corrected chi connectivity index (χ0v) is 12.6. The topological polar surface area (TPSA) is 48.5 Å². The number of fused-ring (bicyclic) bond motifs is 1. The summed E-state index contributed by atoms with van der Waals surface area (Å²) in [6.07, 6.45) is 3.54. The van der Waals surface area contributed by atoms with Crippen molar-refractivity contribution < 1.29 is 0 Å². The lowest BCUT2D eigenvalue weighted by atomic mass is 10.4. The van der Waals surface area contributed by atoms with E-state index in [2.05, 4.69) is 31.0 Å². The molecular formula is C12H11BrClN5. The molecule has 0 N–H and O–H groups in total. The number of hydrogen-bond donors (Lipinski definition) is 0. The predicted octanol–water partition coefficient (Wildman–Crippen LogP) is 2.71. The minimum Gasteiger partial charge on any atom is -0.306 e. The number of halogens is 2. The van der Waals surface area contributed by atoms with Gasteiger partial charge in [-0.3, -0.25) is 4.68 Å². The second kappa shape index (κ2) is 4.94. The highest BCUT2D eigenvalue weighted by Gasteiger charge is 2.13. The average Bonchev–Trinajstić information content (AvgIpc) is 2.94. The fourth-order valence-corrected chi connectivity index (χ4v) is 2.54. The molecule has 0 atom stereocenters. The molecule has 3 heterocycles. The molecule has 0 aromatic carbocycles. The second-order valence-electron chi connectivity index (χ2n) is 4.19. The number of imidazole rings is 1. The van der Waals surface area contributed by atoms with Gasteiger partial charge >= 0.3 is 0 Å². The van der Waals surface area contributed by atoms with Gasteiger partial charge in [0.1, 0.15) is 11.3 Å². The van der Waals surface area contributed by atoms with Gasteiger partial charge in [0.15, 0.2) is 5.65 Å². The summed E-state index contributed by atoms with van der Waals surface area (Å²) >= 11 is 9.38. The Morgan fingerprint density at radius 3 is 2.95 bits per heavy atom. The molecule has 98 valence electrons. The zero-order chi connectivity index (χ0) is 13.4. The van der Waals surface area contributed by atoms with E-state index in [1.54, 1.807) is 12.4 Å². The maximum absolute atomic E-state index is 5.98. The van der Waals surface area contributed by atoms with Gasteiger partial charge in [-0.05, 0) is 28.1 Å². The van der Waals surface area contributed by atoms with Gasteiger partial charge in [-0.15, -0.1) is 11.6 Å². The van der Waals surface area contributed by atoms with Crippen LogP contribution in [0.25, 0.3) is 11.2 Å². The normalized spacial score (nSPS) is 11.3. The molecular weight excluding hydrogens is 330 g/mol. The van der Waals surface area contributed by atoms with Crippen molar-refractivity contribution in [2.75, 3.05) is 0 Å². The van der Waals surface area contributed by atoms with Crippen LogP contribution in [0.5, 0.6) is 0 Å². The summed E-state index contributed by atoms with van der Waals surface area (Å²) in [6.45, 7) is 0.656. The Hall–Kier alpha value is -1.40. The molecule has 0 bridgehead atoms. The van der Waals surface area contributed by atoms with Gasteiger partial charge in [-0.2, -0.15) is 5.10 Å². The quantitative estimate of drug-likeness (QED) is 0.689. The molecule has 19 heavy (non-hydrogen) atoms. The van der Waals surface area contributed by atoms with Crippen LogP contribution in [0.3, 0.4) is 0 Å². The van der Waals surface area contributed by atoms with Crippen molar-refractivity contribution in [3.8, 4) is 0 Å². The molecule has 0 saturated heterocycles. The van der Waals surface area contributed by atoms with Gasteiger partial charge in [-0.25, -0.2) is 9.97 Å². The lowest BCUT2D eigenvalue weighted by molar-refractivity contribution is 0.661. The van der Waals surface area contributed by atoms with E-state index in [0.29, 0.717) is 12.4 Å². The fourth-order valence-electron chi connectivity index (χ4n) is 2.02. The van der Waals surface area contributed by atoms with E-state index < -0.39 is 0 Å². The van der Waals surface area contributed by atoms with Gasteiger partial charge < -0.3 is 4.57 Å². The number of rotatable bonds is 3. The van der Waals surface area contributed by atoms with Crippen LogP contribution < -0.4 is 0 Å². The Morgan fingerprint density at radius 2 is 2.26 bits per heavy atom. The van der Waals surface area contributed by atoms with Crippen molar-refractivity contribution in [2.24, 2.45) is 7.05 Å². The number of aromatic nitrogens is 5. The van der Waals surface area contributed by atoms with E-state index in [0.717, 1.165) is 27.2 Å². The predicted molar refractivity (Wildman–Crippen MR) is 77.1 cm³/mol. The van der Waals surface area contributed by atoms with Crippen molar-refractivity contribution in [3.63, 3.8) is 0 Å². The molecule has 7 heteroatoms. The zero-order valence-electron chi connectivity index (χ0n) is 10.2. The SMILES string of the molecule is Cn1nccc1Cn1c(CCl)nc2cc(Br)cnc21. The summed E-state index contributed by atoms with van der Waals surface area (Å²) in [5, 5.41) is 4.17. The molecule has 0 spiro atoms. The van der Waals surface area contributed by atoms with Gasteiger partial charge in [0.05, 0.1) is 18.1 Å². The number of nitrogens with zero attached hydrogens (tertiary/aromatic N) is 5. The van der Waals surface area contributed by atoms with Crippen LogP contribution in [0.4, 0.5) is 0 Å². The van der Waals surface area contributed by atoms with Crippen LogP contribution in [0, 0.1) is 0 Å². The van der Waals surface area contributed by atoms with E-state index in [9.17, 15) is 0 Å². The maximum Gasteiger partial charge on any atom is 0.160 e. The van der Waals surface area contributed by atoms with Gasteiger partial charge in [0.25, 0.3) is 0 Å². The summed E-state index contributed by atoms with van der Waals surface area (Å²) in [5.74, 6) is 1.16. The van der Waals surface area contributed by atoms with Crippen molar-refractivity contribution in [2.45, 2.75) is 12.4 Å². The van der Waals surface area contributed by atoms with Crippen molar-refractivity contribution >= 4 is 38.7 Å². The Labute approximate surface area is 123 Å². The summed E-state index contributed by atoms with van der Waals surface area (Å²) in [5.41, 5.74) is 2.75. The van der Waals surface area contributed by atoms with E-state index in [1.807, 2.05) is 28.4 Å². The lowest BCUT2D eigenvalue weighted by Crippen LogP contribution is -2.08. The molecule has 0 radical (unpaired) electrons. The van der Waals surface area contributed by atoms with Crippen LogP contribution in [-0.4, -0.2) is 24.3 Å². The maximum atomic E-state index is 5.98. The van der Waals surface area contributed by atoms with Crippen molar-refractivity contribution in [1.29, 1.82) is 0 Å². The summed E-state index contributed by atoms with van der Waals surface area (Å²) < 4.78 is 4.76. The first kappa shape index (κ1) is 12.6. The first-order chi connectivity index (χ1) is 9.19. The van der Waals surface area contributed by atoms with Gasteiger partial charge in [0, 0.05) is 23.9 Å². The molecule has 0 amide bonds. The Balaban J connectivity index is 2.13. The molecule has 3 rings (SSSR count). The average molecular weight is 341 g/mol. The molecule has 3 aromatic heterocycles. The Bertz CT molecular complexity index is 733. The third kappa shape index (κ3) is 2.26. The number of alkyl halides is 1. The Morgan fingerprint density at radius 1 is 1.42 bits per heavy atom. The molecule has 0 aliphatic rings. The highest BCUT2D eigenvalue weighted by Crippen LogP contribution is 2.20. The largest absolute Gasteiger partial charge is 0.306 e. The van der Waals surface area contributed by atoms with Crippen molar-refractivity contribution in [3.05, 3.63) is 40.5 Å². The van der Waals surface area contributed by atoms with E-state index in [1.165, 1.54) is 0 Å². The van der Waals surface area contributed by atoms with Gasteiger partial charge in [0.2, 0.25) is 0 Å². The van der Waals surface area contributed by atoms with E-state index >= 15 is 0 Å².